The molecule has 3 aromatic rings. The number of amides is 1. The van der Waals surface area contributed by atoms with Crippen molar-refractivity contribution in [2.24, 2.45) is 0 Å². The van der Waals surface area contributed by atoms with E-state index in [0.29, 0.717) is 17.3 Å². The van der Waals surface area contributed by atoms with E-state index in [0.717, 1.165) is 11.1 Å². The molecule has 4 rings (SSSR count). The number of pyridine rings is 1. The van der Waals surface area contributed by atoms with E-state index in [1.165, 1.54) is 12.0 Å². The second-order valence-electron chi connectivity index (χ2n) is 6.75. The lowest BCUT2D eigenvalue weighted by Crippen LogP contribution is -2.31. The van der Waals surface area contributed by atoms with E-state index in [-0.39, 0.29) is 36.9 Å². The van der Waals surface area contributed by atoms with Gasteiger partial charge in [0.25, 0.3) is 5.91 Å². The van der Waals surface area contributed by atoms with Crippen LogP contribution in [0.5, 0.6) is 0 Å². The number of carbonyl (C=O) groups is 2. The van der Waals surface area contributed by atoms with Crippen LogP contribution < -0.4 is 5.32 Å². The summed E-state index contributed by atoms with van der Waals surface area (Å²) in [7, 11) is 1.26. The minimum absolute atomic E-state index is 0.0850. The first kappa shape index (κ1) is 20.2. The Morgan fingerprint density at radius 1 is 1.26 bits per heavy atom. The molecule has 0 atom stereocenters. The fraction of sp³-hybridized carbons (Fsp3) is 0.190. The summed E-state index contributed by atoms with van der Waals surface area (Å²) >= 11 is 0. The van der Waals surface area contributed by atoms with Gasteiger partial charge in [0.05, 0.1) is 25.8 Å². The maximum Gasteiger partial charge on any atom is 0.337 e. The molecule has 1 amide bonds. The Morgan fingerprint density at radius 2 is 2.06 bits per heavy atom. The SMILES string of the molecule is COC(=O)C1=C(Nc2ccc(-c3nc(-c4cccnc4)n[nH]3)cc2)C(=O)N(CCO)C1. The molecule has 0 spiro atoms. The van der Waals surface area contributed by atoms with Crippen LogP contribution in [-0.4, -0.2) is 68.9 Å². The monoisotopic (exact) mass is 420 g/mol. The van der Waals surface area contributed by atoms with Crippen LogP contribution in [0.4, 0.5) is 5.69 Å². The Balaban J connectivity index is 1.54. The van der Waals surface area contributed by atoms with E-state index >= 15 is 0 Å². The fourth-order valence-corrected chi connectivity index (χ4v) is 3.22. The lowest BCUT2D eigenvalue weighted by molar-refractivity contribution is -0.136. The third-order valence-electron chi connectivity index (χ3n) is 4.79. The van der Waals surface area contributed by atoms with Crippen LogP contribution in [0.1, 0.15) is 0 Å². The van der Waals surface area contributed by atoms with Crippen molar-refractivity contribution in [1.82, 2.24) is 25.1 Å². The van der Waals surface area contributed by atoms with E-state index in [2.05, 4.69) is 25.5 Å². The fourth-order valence-electron chi connectivity index (χ4n) is 3.22. The number of benzene rings is 1. The second-order valence-corrected chi connectivity index (χ2v) is 6.75. The summed E-state index contributed by atoms with van der Waals surface area (Å²) in [6, 6.07) is 10.9. The molecule has 0 bridgehead atoms. The van der Waals surface area contributed by atoms with Crippen LogP contribution in [0.2, 0.25) is 0 Å². The Bertz CT molecular complexity index is 1120. The molecule has 0 aliphatic carbocycles. The zero-order valence-electron chi connectivity index (χ0n) is 16.7. The van der Waals surface area contributed by atoms with E-state index < -0.39 is 5.97 Å². The molecule has 0 saturated carbocycles. The third-order valence-corrected chi connectivity index (χ3v) is 4.79. The number of β-amino-alcohol motifs (C(OH)–C–C–N with tert-alkyl or cyclic N) is 1. The average Bonchev–Trinajstić information content (AvgIpc) is 3.41. The summed E-state index contributed by atoms with van der Waals surface area (Å²) in [6.45, 7) is 0.0241. The van der Waals surface area contributed by atoms with Gasteiger partial charge in [-0.3, -0.25) is 14.9 Å². The molecule has 0 fully saturated rings. The van der Waals surface area contributed by atoms with E-state index in [1.54, 1.807) is 24.5 Å². The number of ether oxygens (including phenoxy) is 1. The van der Waals surface area contributed by atoms with Crippen molar-refractivity contribution in [1.29, 1.82) is 0 Å². The first-order valence-corrected chi connectivity index (χ1v) is 9.52. The summed E-state index contributed by atoms with van der Waals surface area (Å²) < 4.78 is 4.79. The van der Waals surface area contributed by atoms with Gasteiger partial charge >= 0.3 is 5.97 Å². The molecule has 0 saturated heterocycles. The van der Waals surface area contributed by atoms with Crippen LogP contribution in [0, 0.1) is 0 Å². The van der Waals surface area contributed by atoms with Crippen LogP contribution >= 0.6 is 0 Å². The number of aliphatic hydroxyl groups excluding tert-OH is 1. The number of hydrogen-bond acceptors (Lipinski definition) is 8. The number of rotatable bonds is 7. The lowest BCUT2D eigenvalue weighted by atomic mass is 10.1. The number of aromatic amines is 1. The highest BCUT2D eigenvalue weighted by Crippen LogP contribution is 2.25. The van der Waals surface area contributed by atoms with Crippen molar-refractivity contribution in [2.45, 2.75) is 0 Å². The molecule has 3 heterocycles. The average molecular weight is 420 g/mol. The zero-order valence-corrected chi connectivity index (χ0v) is 16.7. The summed E-state index contributed by atoms with van der Waals surface area (Å²) in [5, 5.41) is 19.3. The molecule has 158 valence electrons. The topological polar surface area (TPSA) is 133 Å². The highest BCUT2D eigenvalue weighted by Gasteiger charge is 2.34. The summed E-state index contributed by atoms with van der Waals surface area (Å²) in [5.41, 5.74) is 2.59. The van der Waals surface area contributed by atoms with Crippen molar-refractivity contribution in [3.8, 4) is 22.8 Å². The maximum absolute atomic E-state index is 12.6. The van der Waals surface area contributed by atoms with Gasteiger partial charge in [0.2, 0.25) is 0 Å². The van der Waals surface area contributed by atoms with Crippen molar-refractivity contribution >= 4 is 17.6 Å². The molecule has 3 N–H and O–H groups in total. The molecule has 1 aromatic carbocycles. The third kappa shape index (κ3) is 4.14. The van der Waals surface area contributed by atoms with Crippen LogP contribution in [-0.2, 0) is 14.3 Å². The molecular weight excluding hydrogens is 400 g/mol. The molecule has 10 nitrogen and oxygen atoms in total. The minimum Gasteiger partial charge on any atom is -0.466 e. The first-order valence-electron chi connectivity index (χ1n) is 9.52. The molecule has 10 heteroatoms. The van der Waals surface area contributed by atoms with Gasteiger partial charge in [0, 0.05) is 35.8 Å². The maximum atomic E-state index is 12.6. The van der Waals surface area contributed by atoms with Gasteiger partial charge in [-0.1, -0.05) is 0 Å². The Hall–Kier alpha value is -4.05. The van der Waals surface area contributed by atoms with E-state index in [1.807, 2.05) is 24.3 Å². The Kier molecular flexibility index (Phi) is 5.72. The second kappa shape index (κ2) is 8.76. The van der Waals surface area contributed by atoms with E-state index in [4.69, 9.17) is 9.84 Å². The number of aliphatic hydroxyl groups is 1. The number of carbonyl (C=O) groups excluding carboxylic acids is 2. The normalized spacial score (nSPS) is 13.6. The minimum atomic E-state index is -0.586. The largest absolute Gasteiger partial charge is 0.466 e. The number of methoxy groups -OCH3 is 1. The van der Waals surface area contributed by atoms with Gasteiger partial charge in [-0.05, 0) is 36.4 Å². The number of esters is 1. The predicted molar refractivity (Wildman–Crippen MR) is 111 cm³/mol. The molecule has 1 aliphatic rings. The number of aromatic nitrogens is 4. The van der Waals surface area contributed by atoms with Crippen molar-refractivity contribution in [2.75, 3.05) is 32.1 Å². The zero-order chi connectivity index (χ0) is 21.8. The molecule has 0 radical (unpaired) electrons. The molecular formula is C21H20N6O4. The van der Waals surface area contributed by atoms with Gasteiger partial charge in [-0.25, -0.2) is 9.78 Å². The van der Waals surface area contributed by atoms with E-state index in [9.17, 15) is 9.59 Å². The molecule has 31 heavy (non-hydrogen) atoms. The van der Waals surface area contributed by atoms with Gasteiger partial charge < -0.3 is 20.1 Å². The molecule has 2 aromatic heterocycles. The van der Waals surface area contributed by atoms with Crippen molar-refractivity contribution in [3.05, 3.63) is 60.1 Å². The summed E-state index contributed by atoms with van der Waals surface area (Å²) in [6.07, 6.45) is 3.37. The standard InChI is InChI=1S/C21H20N6O4/c1-31-21(30)16-12-27(9-10-28)20(29)17(16)23-15-6-4-13(5-7-15)18-24-19(26-25-18)14-3-2-8-22-11-14/h2-8,11,23,28H,9-10,12H2,1H3,(H,24,25,26). The smallest absolute Gasteiger partial charge is 0.337 e. The lowest BCUT2D eigenvalue weighted by Gasteiger charge is -2.15. The number of hydrogen-bond donors (Lipinski definition) is 3. The van der Waals surface area contributed by atoms with Crippen molar-refractivity contribution in [3.63, 3.8) is 0 Å². The van der Waals surface area contributed by atoms with Gasteiger partial charge in [-0.2, -0.15) is 5.10 Å². The van der Waals surface area contributed by atoms with Crippen LogP contribution in [0.3, 0.4) is 0 Å². The van der Waals surface area contributed by atoms with Gasteiger partial charge in [0.1, 0.15) is 5.70 Å². The van der Waals surface area contributed by atoms with Crippen LogP contribution in [0.25, 0.3) is 22.8 Å². The summed E-state index contributed by atoms with van der Waals surface area (Å²) in [5.74, 6) is 0.178. The Labute approximate surface area is 177 Å². The number of nitrogens with one attached hydrogen (secondary N) is 2. The molecule has 0 unspecified atom stereocenters. The summed E-state index contributed by atoms with van der Waals surface area (Å²) in [4.78, 5) is 34.6. The predicted octanol–water partition coefficient (Wildman–Crippen LogP) is 1.21. The first-order chi connectivity index (χ1) is 15.1. The number of H-pyrrole nitrogens is 1. The van der Waals surface area contributed by atoms with Gasteiger partial charge in [-0.15, -0.1) is 0 Å². The van der Waals surface area contributed by atoms with Crippen LogP contribution in [0.15, 0.2) is 60.1 Å². The quantitative estimate of drug-likeness (QED) is 0.486. The van der Waals surface area contributed by atoms with Gasteiger partial charge in [0.15, 0.2) is 11.6 Å². The van der Waals surface area contributed by atoms with Crippen molar-refractivity contribution < 1.29 is 19.4 Å². The number of anilines is 1. The number of nitrogens with zero attached hydrogens (tertiary/aromatic N) is 4. The molecule has 1 aliphatic heterocycles. The highest BCUT2D eigenvalue weighted by molar-refractivity contribution is 6.08. The highest BCUT2D eigenvalue weighted by atomic mass is 16.5. The Morgan fingerprint density at radius 3 is 2.74 bits per heavy atom.